The van der Waals surface area contributed by atoms with Gasteiger partial charge in [0.05, 0.1) is 12.5 Å². The highest BCUT2D eigenvalue weighted by molar-refractivity contribution is 5.49. The summed E-state index contributed by atoms with van der Waals surface area (Å²) in [4.78, 5) is 2.43. The van der Waals surface area contributed by atoms with Gasteiger partial charge in [0.1, 0.15) is 0 Å². The Balaban J connectivity index is 2.03. The van der Waals surface area contributed by atoms with Crippen molar-refractivity contribution >= 4 is 5.69 Å². The van der Waals surface area contributed by atoms with Crippen LogP contribution in [0.15, 0.2) is 60.7 Å². The second-order valence-corrected chi connectivity index (χ2v) is 5.67. The summed E-state index contributed by atoms with van der Waals surface area (Å²) in [6, 6.07) is 10.6. The molecular formula is C20H24N2. The van der Waals surface area contributed by atoms with Gasteiger partial charge >= 0.3 is 0 Å². The Morgan fingerprint density at radius 3 is 2.82 bits per heavy atom. The molecule has 0 unspecified atom stereocenters. The standard InChI is InChI=1S/C20H24N2/c1-3-6-18(7-4-2)19-11-14-22(15-12-19)20-9-5-8-17(16-20)10-13-21/h3-9,16,19H,1,10-12,14-15H2,2H3/b7-4-,18-6+. The highest BCUT2D eigenvalue weighted by Crippen LogP contribution is 2.29. The molecule has 1 saturated heterocycles. The van der Waals surface area contributed by atoms with Crippen molar-refractivity contribution < 1.29 is 0 Å². The molecule has 0 bridgehead atoms. The van der Waals surface area contributed by atoms with Gasteiger partial charge in [0, 0.05) is 18.8 Å². The molecule has 1 aromatic carbocycles. The topological polar surface area (TPSA) is 27.0 Å². The number of allylic oxidation sites excluding steroid dienone is 5. The van der Waals surface area contributed by atoms with Crippen LogP contribution in [0.5, 0.6) is 0 Å². The van der Waals surface area contributed by atoms with Crippen molar-refractivity contribution in [2.45, 2.75) is 26.2 Å². The first-order chi connectivity index (χ1) is 10.8. The molecule has 2 rings (SSSR count). The van der Waals surface area contributed by atoms with E-state index >= 15 is 0 Å². The third kappa shape index (κ3) is 4.11. The molecule has 1 heterocycles. The maximum absolute atomic E-state index is 8.83. The summed E-state index contributed by atoms with van der Waals surface area (Å²) in [5.41, 5.74) is 3.73. The Hall–Kier alpha value is -2.27. The van der Waals surface area contributed by atoms with Crippen molar-refractivity contribution in [1.29, 1.82) is 5.26 Å². The number of hydrogen-bond donors (Lipinski definition) is 0. The predicted octanol–water partition coefficient (Wildman–Crippen LogP) is 4.66. The normalized spacial score (nSPS) is 16.7. The summed E-state index contributed by atoms with van der Waals surface area (Å²) in [6.07, 6.45) is 11.1. The van der Waals surface area contributed by atoms with Gasteiger partial charge in [0.15, 0.2) is 0 Å². The fraction of sp³-hybridized carbons (Fsp3) is 0.350. The summed E-state index contributed by atoms with van der Waals surface area (Å²) in [6.45, 7) is 8.01. The van der Waals surface area contributed by atoms with Crippen LogP contribution in [0.2, 0.25) is 0 Å². The van der Waals surface area contributed by atoms with Crippen LogP contribution < -0.4 is 4.90 Å². The summed E-state index contributed by atoms with van der Waals surface area (Å²) in [5.74, 6) is 0.618. The van der Waals surface area contributed by atoms with Crippen LogP contribution in [-0.4, -0.2) is 13.1 Å². The summed E-state index contributed by atoms with van der Waals surface area (Å²) in [7, 11) is 0. The number of piperidine rings is 1. The number of anilines is 1. The summed E-state index contributed by atoms with van der Waals surface area (Å²) >= 11 is 0. The molecule has 0 spiro atoms. The van der Waals surface area contributed by atoms with Crippen molar-refractivity contribution in [3.05, 3.63) is 66.3 Å². The van der Waals surface area contributed by atoms with Gasteiger partial charge in [-0.3, -0.25) is 0 Å². The molecule has 0 atom stereocenters. The average molecular weight is 292 g/mol. The van der Waals surface area contributed by atoms with Gasteiger partial charge in [-0.2, -0.15) is 5.26 Å². The first-order valence-corrected chi connectivity index (χ1v) is 7.94. The molecule has 0 saturated carbocycles. The molecule has 22 heavy (non-hydrogen) atoms. The number of nitriles is 1. The monoisotopic (exact) mass is 292 g/mol. The van der Waals surface area contributed by atoms with Crippen LogP contribution in [-0.2, 0) is 6.42 Å². The van der Waals surface area contributed by atoms with Gasteiger partial charge in [-0.05, 0) is 49.0 Å². The lowest BCUT2D eigenvalue weighted by Gasteiger charge is -2.34. The maximum Gasteiger partial charge on any atom is 0.0669 e. The minimum Gasteiger partial charge on any atom is -0.371 e. The van der Waals surface area contributed by atoms with Crippen molar-refractivity contribution in [3.63, 3.8) is 0 Å². The van der Waals surface area contributed by atoms with E-state index in [1.54, 1.807) is 0 Å². The molecule has 1 fully saturated rings. The highest BCUT2D eigenvalue weighted by atomic mass is 15.1. The third-order valence-corrected chi connectivity index (χ3v) is 4.19. The SMILES string of the molecule is C=C/C=C(\C=C/C)C1CCN(c2cccc(CC#N)c2)CC1. The number of hydrogen-bond acceptors (Lipinski definition) is 2. The Morgan fingerprint density at radius 2 is 2.18 bits per heavy atom. The van der Waals surface area contributed by atoms with Crippen LogP contribution in [0.4, 0.5) is 5.69 Å². The molecule has 0 aromatic heterocycles. The Morgan fingerprint density at radius 1 is 1.41 bits per heavy atom. The van der Waals surface area contributed by atoms with Crippen molar-refractivity contribution in [2.75, 3.05) is 18.0 Å². The molecule has 1 aromatic rings. The van der Waals surface area contributed by atoms with E-state index in [2.05, 4.69) is 60.9 Å². The van der Waals surface area contributed by atoms with E-state index in [1.807, 2.05) is 12.1 Å². The molecular weight excluding hydrogens is 268 g/mol. The van der Waals surface area contributed by atoms with E-state index in [-0.39, 0.29) is 0 Å². The van der Waals surface area contributed by atoms with Gasteiger partial charge < -0.3 is 4.90 Å². The molecule has 114 valence electrons. The number of benzene rings is 1. The lowest BCUT2D eigenvalue weighted by atomic mass is 9.88. The van der Waals surface area contributed by atoms with E-state index in [0.29, 0.717) is 12.3 Å². The first kappa shape index (κ1) is 16.1. The molecule has 0 radical (unpaired) electrons. The van der Waals surface area contributed by atoms with Crippen LogP contribution >= 0.6 is 0 Å². The molecule has 2 heteroatoms. The lowest BCUT2D eigenvalue weighted by Crippen LogP contribution is -2.34. The molecule has 1 aliphatic rings. The van der Waals surface area contributed by atoms with Crippen molar-refractivity contribution in [1.82, 2.24) is 0 Å². The Kier molecular flexibility index (Phi) is 6.03. The van der Waals surface area contributed by atoms with Crippen molar-refractivity contribution in [2.24, 2.45) is 5.92 Å². The molecule has 0 aliphatic carbocycles. The van der Waals surface area contributed by atoms with E-state index in [1.165, 1.54) is 11.3 Å². The average Bonchev–Trinajstić information content (AvgIpc) is 2.55. The molecule has 1 aliphatic heterocycles. The van der Waals surface area contributed by atoms with Gasteiger partial charge in [-0.15, -0.1) is 0 Å². The van der Waals surface area contributed by atoms with Gasteiger partial charge in [0.2, 0.25) is 0 Å². The summed E-state index contributed by atoms with van der Waals surface area (Å²) in [5, 5.41) is 8.83. The van der Waals surface area contributed by atoms with E-state index in [0.717, 1.165) is 31.5 Å². The zero-order chi connectivity index (χ0) is 15.8. The molecule has 0 N–H and O–H groups in total. The first-order valence-electron chi connectivity index (χ1n) is 7.94. The van der Waals surface area contributed by atoms with E-state index < -0.39 is 0 Å². The van der Waals surface area contributed by atoms with E-state index in [4.69, 9.17) is 5.26 Å². The number of nitrogens with zero attached hydrogens (tertiary/aromatic N) is 2. The third-order valence-electron chi connectivity index (χ3n) is 4.19. The zero-order valence-electron chi connectivity index (χ0n) is 13.3. The van der Waals surface area contributed by atoms with Gasteiger partial charge in [0.25, 0.3) is 0 Å². The van der Waals surface area contributed by atoms with E-state index in [9.17, 15) is 0 Å². The van der Waals surface area contributed by atoms with Crippen LogP contribution in [0.3, 0.4) is 0 Å². The molecule has 2 nitrogen and oxygen atoms in total. The zero-order valence-corrected chi connectivity index (χ0v) is 13.3. The second kappa shape index (κ2) is 8.24. The largest absolute Gasteiger partial charge is 0.371 e. The van der Waals surface area contributed by atoms with Crippen LogP contribution in [0.1, 0.15) is 25.3 Å². The lowest BCUT2D eigenvalue weighted by molar-refractivity contribution is 0.465. The fourth-order valence-electron chi connectivity index (χ4n) is 3.08. The minimum atomic E-state index is 0.484. The highest BCUT2D eigenvalue weighted by Gasteiger charge is 2.21. The Labute approximate surface area is 134 Å². The van der Waals surface area contributed by atoms with Crippen LogP contribution in [0.25, 0.3) is 0 Å². The molecule has 0 amide bonds. The van der Waals surface area contributed by atoms with Gasteiger partial charge in [-0.25, -0.2) is 0 Å². The maximum atomic E-state index is 8.83. The van der Waals surface area contributed by atoms with Crippen LogP contribution in [0, 0.1) is 17.2 Å². The summed E-state index contributed by atoms with van der Waals surface area (Å²) < 4.78 is 0. The smallest absolute Gasteiger partial charge is 0.0669 e. The van der Waals surface area contributed by atoms with Crippen molar-refractivity contribution in [3.8, 4) is 6.07 Å². The number of rotatable bonds is 5. The van der Waals surface area contributed by atoms with Gasteiger partial charge in [-0.1, -0.05) is 43.0 Å². The minimum absolute atomic E-state index is 0.484. The fourth-order valence-corrected chi connectivity index (χ4v) is 3.08. The quantitative estimate of drug-likeness (QED) is 0.738. The Bertz CT molecular complexity index is 596. The predicted molar refractivity (Wildman–Crippen MR) is 93.8 cm³/mol. The second-order valence-electron chi connectivity index (χ2n) is 5.67.